The number of primary amides is 3. The molecule has 4 amide bonds. The molecule has 696 valence electrons. The average molecular weight is 1700 g/mol. The number of fused-ring (bicyclic) bond motifs is 15. The first-order valence-electron chi connectivity index (χ1n) is 52.2. The number of esters is 1. The number of hydrogen-bond acceptors (Lipinski definition) is 10. The number of carbonyl (C=O) groups is 7. The van der Waals surface area contributed by atoms with E-state index >= 15 is 0 Å². The molecule has 0 radical (unpaired) electrons. The largest absolute Gasteiger partial charge is 0.462 e. The van der Waals surface area contributed by atoms with Crippen LogP contribution >= 0.6 is 0 Å². The molecule has 10 saturated carbocycles. The first kappa shape index (κ1) is 100. The Bertz CT molecular complexity index is 3440. The van der Waals surface area contributed by atoms with Crippen LogP contribution in [0.25, 0.3) is 0 Å². The lowest BCUT2D eigenvalue weighted by molar-refractivity contribution is -0.152. The maximum absolute atomic E-state index is 12.7. The van der Waals surface area contributed by atoms with Crippen molar-refractivity contribution < 1.29 is 43.0 Å². The van der Waals surface area contributed by atoms with E-state index in [0.29, 0.717) is 59.2 Å². The van der Waals surface area contributed by atoms with Gasteiger partial charge in [0.15, 0.2) is 0 Å². The van der Waals surface area contributed by atoms with E-state index in [0.717, 1.165) is 229 Å². The van der Waals surface area contributed by atoms with Gasteiger partial charge < -0.3 is 37.3 Å². The molecule has 0 spiro atoms. The number of alkyl carbamates (subject to hydrolysis) is 1. The van der Waals surface area contributed by atoms with Crippen molar-refractivity contribution in [2.75, 3.05) is 13.6 Å². The number of unbranched alkanes of at least 4 members (excludes halogenated alkanes) is 5. The summed E-state index contributed by atoms with van der Waals surface area (Å²) in [5.74, 6) is 15.0. The highest BCUT2D eigenvalue weighted by atomic mass is 16.6. The molecule has 0 aromatic carbocycles. The zero-order chi connectivity index (χ0) is 88.5. The van der Waals surface area contributed by atoms with Crippen LogP contribution in [0.2, 0.25) is 0 Å². The molecule has 0 aromatic rings. The number of amides is 4. The summed E-state index contributed by atoms with van der Waals surface area (Å²) in [4.78, 5) is 84.4. The first-order valence-corrected chi connectivity index (χ1v) is 52.2. The predicted octanol–water partition coefficient (Wildman–Crippen LogP) is 25.6. The zero-order valence-electron chi connectivity index (χ0n) is 81.1. The van der Waals surface area contributed by atoms with E-state index in [1.807, 2.05) is 13.8 Å². The Kier molecular flexibility index (Phi) is 37.3. The number of hydrogen-bond donors (Lipinski definition) is 5. The molecule has 10 fully saturated rings. The van der Waals surface area contributed by atoms with Gasteiger partial charge in [-0.2, -0.15) is 0 Å². The molecule has 0 bridgehead atoms. The van der Waals surface area contributed by atoms with Crippen LogP contribution in [0, 0.1) is 151 Å². The second kappa shape index (κ2) is 45.5. The molecule has 0 saturated heterocycles. The molecule has 12 aliphatic rings. The monoisotopic (exact) mass is 1700 g/mol. The molecule has 0 heterocycles. The Balaban J connectivity index is 0.000000193. The van der Waals surface area contributed by atoms with Crippen molar-refractivity contribution in [1.29, 1.82) is 0 Å². The van der Waals surface area contributed by atoms with Crippen LogP contribution in [0.15, 0.2) is 23.3 Å². The lowest BCUT2D eigenvalue weighted by atomic mass is 9.44. The van der Waals surface area contributed by atoms with E-state index in [2.05, 4.69) is 113 Å². The molecule has 27 unspecified atom stereocenters. The fraction of sp³-hybridized carbons (Fsp3) is 0.898. The van der Waals surface area contributed by atoms with Gasteiger partial charge in [-0.15, -0.1) is 0 Å². The van der Waals surface area contributed by atoms with Gasteiger partial charge in [0.1, 0.15) is 23.8 Å². The predicted molar refractivity (Wildman–Crippen MR) is 500 cm³/mol. The van der Waals surface area contributed by atoms with Gasteiger partial charge in [0.2, 0.25) is 17.7 Å². The zero-order valence-corrected chi connectivity index (χ0v) is 81.1. The van der Waals surface area contributed by atoms with Crippen molar-refractivity contribution >= 4 is 41.4 Å². The van der Waals surface area contributed by atoms with Crippen LogP contribution in [0.5, 0.6) is 0 Å². The lowest BCUT2D eigenvalue weighted by Crippen LogP contribution is -2.53. The summed E-state index contributed by atoms with van der Waals surface area (Å²) >= 11 is 0. The summed E-state index contributed by atoms with van der Waals surface area (Å²) in [6.45, 7) is 37.3. The standard InChI is InChI=1S/C40H67NO4.C35H61N3O3.C33H57NO2/c1-7-29(38(41)44)14-9-8-10-15-31(42)17-21-37(43)45-32-22-24-39(5)30(26-32)16-18-33-35-20-19-34(28(4)13-11-12-27(2)3)40(35,6)25-23-36(33)39;1-23(2)10-9-11-24(3)28-15-16-29-27-14-13-25-22-26(17-19-34(25,4)30(27)18-20-35(28,29)5)41-33(40)38-21-8-7-12-31(37-6)32(36)39;1-5-24(31(34)36)11-7-6-8-13-26(35)16-14-23(2)28-18-19-29-27-17-15-25-12-9-10-21-32(25,3)30(27)20-22-33(28,29)4/h16,27-29,32-36H,7-15,17-26H2,1-6H3,(H2,41,44);13,23-24,26-31,37H,7-12,14-22H2,1-6H3,(H2,36,39)(H,38,40);23-25,27-30H,5-22H2,1-4H3,(H2,34,36). The lowest BCUT2D eigenvalue weighted by Gasteiger charge is -2.61. The van der Waals surface area contributed by atoms with E-state index in [1.54, 1.807) is 18.2 Å². The van der Waals surface area contributed by atoms with Gasteiger partial charge in [0, 0.05) is 56.9 Å². The fourth-order valence-corrected chi connectivity index (χ4v) is 31.3. The number of Topliss-reactive ketones (excluding diaryl/α,β-unsaturated/α-hetero) is 2. The van der Waals surface area contributed by atoms with Crippen molar-refractivity contribution in [3.63, 3.8) is 0 Å². The molecule has 8 N–H and O–H groups in total. The molecule has 14 nitrogen and oxygen atoms in total. The third-order valence-corrected chi connectivity index (χ3v) is 38.6. The van der Waals surface area contributed by atoms with Gasteiger partial charge in [0.25, 0.3) is 0 Å². The van der Waals surface area contributed by atoms with E-state index in [1.165, 1.54) is 167 Å². The summed E-state index contributed by atoms with van der Waals surface area (Å²) in [7, 11) is 1.74. The van der Waals surface area contributed by atoms with Crippen molar-refractivity contribution in [3.05, 3.63) is 23.3 Å². The highest BCUT2D eigenvalue weighted by Crippen LogP contribution is 2.72. The minimum atomic E-state index is -0.329. The summed E-state index contributed by atoms with van der Waals surface area (Å²) in [6.07, 6.45) is 62.1. The molecule has 12 aliphatic carbocycles. The summed E-state index contributed by atoms with van der Waals surface area (Å²) in [5, 5.41) is 5.86. The number of nitrogens with two attached hydrogens (primary N) is 3. The molecule has 0 aromatic heterocycles. The van der Waals surface area contributed by atoms with Gasteiger partial charge in [-0.05, 0) is 352 Å². The average Bonchev–Trinajstić information content (AvgIpc) is 1.41. The third kappa shape index (κ3) is 24.1. The Labute approximate surface area is 745 Å². The van der Waals surface area contributed by atoms with Crippen molar-refractivity contribution in [2.24, 2.45) is 168 Å². The van der Waals surface area contributed by atoms with Gasteiger partial charge >= 0.3 is 12.1 Å². The number of likely N-dealkylation sites (N-methyl/N-ethyl adjacent to an activating group) is 1. The van der Waals surface area contributed by atoms with Crippen LogP contribution < -0.4 is 27.8 Å². The highest BCUT2D eigenvalue weighted by Gasteiger charge is 2.63. The first-order chi connectivity index (χ1) is 58.1. The number of carbonyl (C=O) groups excluding carboxylic acids is 7. The van der Waals surface area contributed by atoms with E-state index in [9.17, 15) is 33.6 Å². The Hall–Kier alpha value is -4.07. The van der Waals surface area contributed by atoms with Crippen molar-refractivity contribution in [1.82, 2.24) is 10.6 Å². The second-order valence-corrected chi connectivity index (χ2v) is 46.3. The molecule has 0 aliphatic heterocycles. The maximum Gasteiger partial charge on any atom is 0.407 e. The normalized spacial score (nSPS) is 36.2. The number of rotatable bonds is 42. The van der Waals surface area contributed by atoms with E-state index in [-0.39, 0.29) is 89.3 Å². The van der Waals surface area contributed by atoms with Crippen LogP contribution in [0.3, 0.4) is 0 Å². The molecular weight excluding hydrogens is 1510 g/mol. The molecular formula is C108H185N5O9. The Morgan fingerprint density at radius 3 is 1.32 bits per heavy atom. The number of nitrogens with one attached hydrogen (secondary N) is 2. The molecule has 27 atom stereocenters. The minimum absolute atomic E-state index is 0.00813. The molecule has 14 heteroatoms. The highest BCUT2D eigenvalue weighted by molar-refractivity contribution is 5.83. The summed E-state index contributed by atoms with van der Waals surface area (Å²) in [5.41, 5.74) is 22.1. The number of allylic oxidation sites excluding steroid dienone is 2. The van der Waals surface area contributed by atoms with E-state index < -0.39 is 0 Å². The van der Waals surface area contributed by atoms with Crippen LogP contribution in [-0.4, -0.2) is 73.2 Å². The topological polar surface area (TPSA) is 240 Å². The third-order valence-electron chi connectivity index (χ3n) is 38.6. The van der Waals surface area contributed by atoms with Crippen molar-refractivity contribution in [2.45, 2.75) is 450 Å². The Morgan fingerprint density at radius 2 is 0.852 bits per heavy atom. The van der Waals surface area contributed by atoms with Crippen LogP contribution in [0.4, 0.5) is 4.79 Å². The minimum Gasteiger partial charge on any atom is -0.462 e. The van der Waals surface area contributed by atoms with Gasteiger partial charge in [-0.3, -0.25) is 28.8 Å². The summed E-state index contributed by atoms with van der Waals surface area (Å²) in [6, 6.07) is -0.307. The fourth-order valence-electron chi connectivity index (χ4n) is 31.3. The van der Waals surface area contributed by atoms with Crippen molar-refractivity contribution in [3.8, 4) is 0 Å². The quantitative estimate of drug-likeness (QED) is 0.0220. The van der Waals surface area contributed by atoms with Crippen LogP contribution in [0.1, 0.15) is 431 Å². The molecule has 122 heavy (non-hydrogen) atoms. The van der Waals surface area contributed by atoms with Crippen LogP contribution in [-0.2, 0) is 38.2 Å². The summed E-state index contributed by atoms with van der Waals surface area (Å²) < 4.78 is 11.9. The number of ether oxygens (including phenoxy) is 2. The Morgan fingerprint density at radius 1 is 0.402 bits per heavy atom. The maximum atomic E-state index is 12.7. The van der Waals surface area contributed by atoms with Gasteiger partial charge in [0.05, 0.1) is 12.5 Å². The number of ketones is 2. The second-order valence-electron chi connectivity index (χ2n) is 46.3. The molecule has 12 rings (SSSR count). The smallest absolute Gasteiger partial charge is 0.407 e. The van der Waals surface area contributed by atoms with E-state index in [4.69, 9.17) is 26.7 Å². The SMILES string of the molecule is CCC(CCCCCC(=O)CCC(=O)OC1CCC2(C)C(=CCC3C2CCC2(C)C(C(C)CCCC(C)C)CCC32)C1)C(N)=O.CCC(CCCCCC(=O)CCC(C)C1CCC2C3CCC4CCCCC4(C)C3CCC12C)C(N)=O.CNC(CCCCNC(=O)OC1CCC2(C)C(=CCC3C2CCC2(C)C(C(C)CCCC(C)C)CCC32)C1)C(N)=O. The van der Waals surface area contributed by atoms with Gasteiger partial charge in [-0.1, -0.05) is 204 Å². The van der Waals surface area contributed by atoms with Gasteiger partial charge in [-0.25, -0.2) is 4.79 Å².